The van der Waals surface area contributed by atoms with Crippen LogP contribution in [0.1, 0.15) is 36.5 Å². The summed E-state index contributed by atoms with van der Waals surface area (Å²) in [4.78, 5) is 0. The summed E-state index contributed by atoms with van der Waals surface area (Å²) in [6, 6.07) is 4.40. The molecule has 1 rings (SSSR count). The van der Waals surface area contributed by atoms with E-state index in [9.17, 15) is 0 Å². The highest BCUT2D eigenvalue weighted by molar-refractivity contribution is 6.79. The molecule has 0 saturated carbocycles. The summed E-state index contributed by atoms with van der Waals surface area (Å²) in [5, 5.41) is 0. The molecular formula is C16H11Cl14. The maximum absolute atomic E-state index is 6.55. The van der Waals surface area contributed by atoms with Crippen molar-refractivity contribution >= 4 is 162 Å². The fourth-order valence-corrected chi connectivity index (χ4v) is 5.19. The highest BCUT2D eigenvalue weighted by atomic mass is 35.6. The standard InChI is InChI=1S/C16H11Cl14/c1-2-3-4-8-5-6-9(11(17,18)13(21,22)15(25,26)27)7-10(8)12(19,20)14(23,24)16(28,29)30/h4-7H,2-3H2,1H3. The van der Waals surface area contributed by atoms with Crippen LogP contribution >= 0.6 is 162 Å². The van der Waals surface area contributed by atoms with Gasteiger partial charge in [0.05, 0.1) is 0 Å². The number of halogens is 14. The average molecular weight is 700 g/mol. The lowest BCUT2D eigenvalue weighted by atomic mass is 9.93. The quantitative estimate of drug-likeness (QED) is 0.249. The first kappa shape index (κ1) is 31.3. The summed E-state index contributed by atoms with van der Waals surface area (Å²) < 4.78 is -13.6. The van der Waals surface area contributed by atoms with Crippen molar-refractivity contribution in [1.29, 1.82) is 0 Å². The lowest BCUT2D eigenvalue weighted by Crippen LogP contribution is -2.46. The molecule has 0 aliphatic rings. The van der Waals surface area contributed by atoms with Crippen molar-refractivity contribution in [3.8, 4) is 0 Å². The predicted molar refractivity (Wildman–Crippen MR) is 141 cm³/mol. The van der Waals surface area contributed by atoms with E-state index < -0.39 is 24.9 Å². The van der Waals surface area contributed by atoms with Crippen LogP contribution < -0.4 is 0 Å². The molecule has 1 radical (unpaired) electrons. The van der Waals surface area contributed by atoms with Crippen LogP contribution in [0.25, 0.3) is 0 Å². The van der Waals surface area contributed by atoms with Crippen molar-refractivity contribution in [2.75, 3.05) is 0 Å². The van der Waals surface area contributed by atoms with Crippen molar-refractivity contribution < 1.29 is 0 Å². The third-order valence-electron chi connectivity index (χ3n) is 3.91. The predicted octanol–water partition coefficient (Wildman–Crippen LogP) is 11.4. The summed E-state index contributed by atoms with van der Waals surface area (Å²) in [6.45, 7) is 1.97. The zero-order chi connectivity index (χ0) is 24.0. The molecular weight excluding hydrogens is 689 g/mol. The largest absolute Gasteiger partial charge is 0.226 e. The Morgan fingerprint density at radius 1 is 0.667 bits per heavy atom. The number of hydrogen-bond donors (Lipinski definition) is 0. The topological polar surface area (TPSA) is 0 Å². The Balaban J connectivity index is 3.78. The van der Waals surface area contributed by atoms with Gasteiger partial charge in [-0.05, 0) is 35.6 Å². The van der Waals surface area contributed by atoms with Gasteiger partial charge < -0.3 is 0 Å². The molecule has 0 heterocycles. The summed E-state index contributed by atoms with van der Waals surface area (Å²) in [5.74, 6) is 0. The van der Waals surface area contributed by atoms with E-state index in [1.165, 1.54) is 12.1 Å². The Morgan fingerprint density at radius 3 is 1.50 bits per heavy atom. The summed E-state index contributed by atoms with van der Waals surface area (Å²) >= 11 is 86.3. The van der Waals surface area contributed by atoms with E-state index in [-0.39, 0.29) is 11.1 Å². The summed E-state index contributed by atoms with van der Waals surface area (Å²) in [7, 11) is 0. The van der Waals surface area contributed by atoms with Crippen LogP contribution in [-0.4, -0.2) is 16.3 Å². The third kappa shape index (κ3) is 6.15. The molecule has 30 heavy (non-hydrogen) atoms. The van der Waals surface area contributed by atoms with Crippen molar-refractivity contribution in [1.82, 2.24) is 0 Å². The Kier molecular flexibility index (Phi) is 11.2. The average Bonchev–Trinajstić information content (AvgIpc) is 2.57. The second kappa shape index (κ2) is 10.7. The molecule has 0 unspecified atom stereocenters. The molecule has 0 fully saturated rings. The van der Waals surface area contributed by atoms with E-state index >= 15 is 0 Å². The van der Waals surface area contributed by atoms with Crippen molar-refractivity contribution in [2.45, 2.75) is 44.7 Å². The van der Waals surface area contributed by atoms with Crippen LogP contribution in [0.3, 0.4) is 0 Å². The van der Waals surface area contributed by atoms with Gasteiger partial charge in [0.25, 0.3) is 0 Å². The van der Waals surface area contributed by atoms with Crippen molar-refractivity contribution in [2.24, 2.45) is 0 Å². The Morgan fingerprint density at radius 2 is 1.10 bits per heavy atom. The molecule has 173 valence electrons. The lowest BCUT2D eigenvalue weighted by molar-refractivity contribution is 0.678. The second-order valence-corrected chi connectivity index (χ2v) is 16.0. The number of rotatable bonds is 7. The minimum absolute atomic E-state index is 0.0601. The first-order valence-corrected chi connectivity index (χ1v) is 13.1. The molecule has 0 saturated heterocycles. The maximum atomic E-state index is 6.55. The molecule has 0 aliphatic heterocycles. The van der Waals surface area contributed by atoms with Gasteiger partial charge in [0, 0.05) is 0 Å². The maximum Gasteiger partial charge on any atom is 0.226 e. The molecule has 0 spiro atoms. The van der Waals surface area contributed by atoms with Crippen LogP contribution in [0.2, 0.25) is 0 Å². The minimum atomic E-state index is -2.32. The molecule has 0 aromatic heterocycles. The number of alkyl halides is 14. The van der Waals surface area contributed by atoms with E-state index in [0.717, 1.165) is 6.42 Å². The zero-order valence-corrected chi connectivity index (χ0v) is 25.1. The van der Waals surface area contributed by atoms with Gasteiger partial charge in [0.2, 0.25) is 16.3 Å². The molecule has 1 aromatic carbocycles. The zero-order valence-electron chi connectivity index (χ0n) is 14.5. The Labute approximate surface area is 245 Å². The van der Waals surface area contributed by atoms with Gasteiger partial charge >= 0.3 is 0 Å². The highest BCUT2D eigenvalue weighted by Gasteiger charge is 2.63. The fourth-order valence-electron chi connectivity index (χ4n) is 2.21. The van der Waals surface area contributed by atoms with Crippen LogP contribution in [-0.2, 0) is 8.67 Å². The lowest BCUT2D eigenvalue weighted by Gasteiger charge is -2.41. The van der Waals surface area contributed by atoms with Crippen molar-refractivity contribution in [3.63, 3.8) is 0 Å². The third-order valence-corrected chi connectivity index (χ3v) is 11.8. The Hall–Kier alpha value is 3.28. The molecule has 0 bridgehead atoms. The van der Waals surface area contributed by atoms with Crippen LogP contribution in [0.4, 0.5) is 0 Å². The highest BCUT2D eigenvalue weighted by Crippen LogP contribution is 2.63. The molecule has 0 aliphatic carbocycles. The van der Waals surface area contributed by atoms with Gasteiger partial charge in [0.15, 0.2) is 8.67 Å². The normalized spacial score (nSPS) is 14.9. The van der Waals surface area contributed by atoms with E-state index in [1.54, 1.807) is 6.07 Å². The Bertz CT molecular complexity index is 741. The minimum Gasteiger partial charge on any atom is -0.0930 e. The molecule has 0 N–H and O–H groups in total. The number of unbranched alkanes of at least 4 members (excludes halogenated alkanes) is 1. The van der Waals surface area contributed by atoms with E-state index in [0.29, 0.717) is 12.0 Å². The fraction of sp³-hybridized carbons (Fsp3) is 0.562. The van der Waals surface area contributed by atoms with Gasteiger partial charge in [0.1, 0.15) is 0 Å². The number of benzene rings is 1. The molecule has 1 aromatic rings. The summed E-state index contributed by atoms with van der Waals surface area (Å²) in [6.07, 6.45) is 3.27. The van der Waals surface area contributed by atoms with Crippen LogP contribution in [0, 0.1) is 6.42 Å². The number of hydrogen-bond acceptors (Lipinski definition) is 0. The smallest absolute Gasteiger partial charge is 0.0930 e. The SMILES string of the molecule is CCC[CH]c1ccc(C(Cl)(Cl)C(Cl)(Cl)C(Cl)(Cl)Cl)cc1C(Cl)(Cl)C(Cl)(Cl)C(Cl)(Cl)Cl. The summed E-state index contributed by atoms with van der Waals surface area (Å²) in [5.41, 5.74) is 0.676. The van der Waals surface area contributed by atoms with Gasteiger partial charge in [-0.15, -0.1) is 0 Å². The molecule has 14 heteroatoms. The second-order valence-electron chi connectivity index (χ2n) is 6.09. The van der Waals surface area contributed by atoms with Gasteiger partial charge in [-0.25, -0.2) is 0 Å². The van der Waals surface area contributed by atoms with Gasteiger partial charge in [-0.2, -0.15) is 0 Å². The van der Waals surface area contributed by atoms with E-state index in [4.69, 9.17) is 162 Å². The molecule has 0 nitrogen and oxygen atoms in total. The van der Waals surface area contributed by atoms with Crippen LogP contribution in [0.5, 0.6) is 0 Å². The van der Waals surface area contributed by atoms with E-state index in [2.05, 4.69) is 0 Å². The van der Waals surface area contributed by atoms with E-state index in [1.807, 2.05) is 13.3 Å². The molecule has 0 atom stereocenters. The first-order valence-electron chi connectivity index (χ1n) is 7.79. The van der Waals surface area contributed by atoms with Crippen molar-refractivity contribution in [3.05, 3.63) is 41.3 Å². The van der Waals surface area contributed by atoms with Gasteiger partial charge in [-0.1, -0.05) is 188 Å². The van der Waals surface area contributed by atoms with Crippen LogP contribution in [0.15, 0.2) is 18.2 Å². The first-order chi connectivity index (χ1) is 13.2. The molecule has 0 amide bonds. The monoisotopic (exact) mass is 693 g/mol. The van der Waals surface area contributed by atoms with Gasteiger partial charge in [-0.3, -0.25) is 0 Å².